The van der Waals surface area contributed by atoms with Gasteiger partial charge in [-0.25, -0.2) is 8.78 Å². The largest absolute Gasteiger partial charge is 0.396 e. The van der Waals surface area contributed by atoms with Gasteiger partial charge >= 0.3 is 0 Å². The number of halogens is 2. The van der Waals surface area contributed by atoms with Gasteiger partial charge < -0.3 is 20.8 Å². The van der Waals surface area contributed by atoms with E-state index in [1.807, 2.05) is 0 Å². The second-order valence-electron chi connectivity index (χ2n) is 11.6. The molecule has 1 fully saturated rings. The summed E-state index contributed by atoms with van der Waals surface area (Å²) in [5, 5.41) is 23.0. The lowest BCUT2D eigenvalue weighted by atomic mass is 10.1. The van der Waals surface area contributed by atoms with Crippen LogP contribution >= 0.6 is 0 Å². The van der Waals surface area contributed by atoms with Crippen molar-refractivity contribution in [1.29, 1.82) is 0 Å². The first-order valence-corrected chi connectivity index (χ1v) is 16.5. The number of amides is 2. The fourth-order valence-corrected chi connectivity index (χ4v) is 5.38. The maximum Gasteiger partial charge on any atom is 0.279 e. The van der Waals surface area contributed by atoms with Gasteiger partial charge in [0.2, 0.25) is 0 Å². The van der Waals surface area contributed by atoms with Gasteiger partial charge in [-0.2, -0.15) is 0 Å². The first-order valence-electron chi connectivity index (χ1n) is 16.5. The predicted octanol–water partition coefficient (Wildman–Crippen LogP) is 7.63. The lowest BCUT2D eigenvalue weighted by Crippen LogP contribution is -2.37. The minimum atomic E-state index is -0.756. The van der Waals surface area contributed by atoms with Crippen molar-refractivity contribution < 1.29 is 28.6 Å². The number of unbranched alkanes of at least 4 members (excludes halogenated alkanes) is 18. The number of aliphatic hydroxyl groups is 2. The molecule has 41 heavy (non-hydrogen) atoms. The molecule has 0 aromatic carbocycles. The van der Waals surface area contributed by atoms with Crippen LogP contribution in [-0.2, 0) is 9.59 Å². The second kappa shape index (κ2) is 25.9. The summed E-state index contributed by atoms with van der Waals surface area (Å²) in [6, 6.07) is -0.461. The number of carbonyl (C=O) groups is 2. The molecule has 0 bridgehead atoms. The zero-order valence-corrected chi connectivity index (χ0v) is 25.5. The van der Waals surface area contributed by atoms with Crippen molar-refractivity contribution >= 4 is 11.8 Å². The number of allylic oxidation sites excluding steroid dienone is 2. The molecule has 238 valence electrons. The molecule has 0 aliphatic heterocycles. The molecule has 0 radical (unpaired) electrons. The number of nitrogens with one attached hydrogen (secondary N) is 2. The van der Waals surface area contributed by atoms with Gasteiger partial charge in [0, 0.05) is 25.3 Å². The highest BCUT2D eigenvalue weighted by Crippen LogP contribution is 2.21. The molecule has 8 heteroatoms. The van der Waals surface area contributed by atoms with Crippen molar-refractivity contribution in [2.45, 2.75) is 160 Å². The number of carbonyl (C=O) groups excluding carboxylic acids is 2. The van der Waals surface area contributed by atoms with E-state index in [-0.39, 0.29) is 25.3 Å². The van der Waals surface area contributed by atoms with Gasteiger partial charge in [-0.3, -0.25) is 9.59 Å². The van der Waals surface area contributed by atoms with Gasteiger partial charge in [0.25, 0.3) is 11.8 Å². The van der Waals surface area contributed by atoms with E-state index in [0.717, 1.165) is 64.2 Å². The fraction of sp³-hybridized carbons (Fsp3) is 0.818. The minimum Gasteiger partial charge on any atom is -0.396 e. The van der Waals surface area contributed by atoms with Crippen molar-refractivity contribution in [3.8, 4) is 0 Å². The molecule has 2 amide bonds. The molecule has 1 rings (SSSR count). The van der Waals surface area contributed by atoms with E-state index in [1.165, 1.54) is 63.5 Å². The van der Waals surface area contributed by atoms with Crippen LogP contribution in [0.4, 0.5) is 8.78 Å². The zero-order valence-electron chi connectivity index (χ0n) is 25.5. The Hall–Kier alpha value is -1.80. The van der Waals surface area contributed by atoms with Crippen LogP contribution in [0.25, 0.3) is 0 Å². The van der Waals surface area contributed by atoms with Crippen LogP contribution in [0.2, 0.25) is 0 Å². The second-order valence-corrected chi connectivity index (χ2v) is 11.6. The summed E-state index contributed by atoms with van der Waals surface area (Å²) in [5.74, 6) is -2.93. The highest BCUT2D eigenvalue weighted by molar-refractivity contribution is 5.92. The highest BCUT2D eigenvalue weighted by Gasteiger charge is 2.28. The van der Waals surface area contributed by atoms with Crippen LogP contribution in [0.15, 0.2) is 23.8 Å². The van der Waals surface area contributed by atoms with Crippen LogP contribution in [0.1, 0.15) is 148 Å². The fourth-order valence-electron chi connectivity index (χ4n) is 5.38. The Labute approximate surface area is 247 Å². The maximum absolute atomic E-state index is 14.2. The summed E-state index contributed by atoms with van der Waals surface area (Å²) >= 11 is 0. The molecule has 0 spiro atoms. The Morgan fingerprint density at radius 1 is 0.537 bits per heavy atom. The molecule has 4 N–H and O–H groups in total. The standard InChI is InChI=1S/C33H58F2N2O4/c34-30(21-17-13-9-5-1-3-7-11-15-19-25-38)32(40)36-28-23-24-29(27-28)37-33(41)31(35)22-18-14-10-6-2-4-8-12-16-20-26-39/h21-22,28-29,38-39H,1-20,23-27H2,(H,36,40)(H,37,41)/t28-,29+. The smallest absolute Gasteiger partial charge is 0.279 e. The summed E-state index contributed by atoms with van der Waals surface area (Å²) in [6.45, 7) is 0.549. The van der Waals surface area contributed by atoms with E-state index >= 15 is 0 Å². The maximum atomic E-state index is 14.2. The van der Waals surface area contributed by atoms with Crippen molar-refractivity contribution in [2.24, 2.45) is 0 Å². The Morgan fingerprint density at radius 3 is 1.15 bits per heavy atom. The van der Waals surface area contributed by atoms with Crippen molar-refractivity contribution in [1.82, 2.24) is 10.6 Å². The molecule has 6 nitrogen and oxygen atoms in total. The first kappa shape index (κ1) is 37.2. The molecule has 2 atom stereocenters. The minimum absolute atomic E-state index is 0.231. The van der Waals surface area contributed by atoms with E-state index in [1.54, 1.807) is 0 Å². The van der Waals surface area contributed by atoms with Gasteiger partial charge in [0.15, 0.2) is 11.7 Å². The summed E-state index contributed by atoms with van der Waals surface area (Å²) in [7, 11) is 0. The number of aliphatic hydroxyl groups excluding tert-OH is 2. The molecule has 1 aliphatic rings. The zero-order chi connectivity index (χ0) is 30.0. The van der Waals surface area contributed by atoms with E-state index in [2.05, 4.69) is 10.6 Å². The predicted molar refractivity (Wildman–Crippen MR) is 163 cm³/mol. The summed E-state index contributed by atoms with van der Waals surface area (Å²) < 4.78 is 28.5. The van der Waals surface area contributed by atoms with Crippen LogP contribution in [0.3, 0.4) is 0 Å². The quantitative estimate of drug-likeness (QED) is 0.0620. The average Bonchev–Trinajstić information content (AvgIpc) is 3.40. The molecular weight excluding hydrogens is 526 g/mol. The molecule has 0 aromatic rings. The Bertz CT molecular complexity index is 685. The SMILES string of the molecule is O=C(N[C@@H]1CC[C@H](NC(=O)C(F)=CCCCCCCCCCCCO)C1)C(F)=CCCCCCCCCCCCO. The van der Waals surface area contributed by atoms with Gasteiger partial charge in [-0.15, -0.1) is 0 Å². The number of hydrogen-bond donors (Lipinski definition) is 4. The monoisotopic (exact) mass is 584 g/mol. The van der Waals surface area contributed by atoms with Gasteiger partial charge in [0.1, 0.15) is 0 Å². The molecule has 0 heterocycles. The molecule has 1 aliphatic carbocycles. The van der Waals surface area contributed by atoms with E-state index in [0.29, 0.717) is 32.1 Å². The first-order chi connectivity index (χ1) is 20.0. The topological polar surface area (TPSA) is 98.7 Å². The summed E-state index contributed by atoms with van der Waals surface area (Å²) in [6.07, 6.45) is 24.9. The van der Waals surface area contributed by atoms with Crippen molar-refractivity contribution in [3.05, 3.63) is 23.8 Å². The number of rotatable bonds is 26. The highest BCUT2D eigenvalue weighted by atomic mass is 19.1. The van der Waals surface area contributed by atoms with Crippen LogP contribution in [0, 0.1) is 0 Å². The third-order valence-electron chi connectivity index (χ3n) is 7.91. The van der Waals surface area contributed by atoms with Gasteiger partial charge in [0.05, 0.1) is 0 Å². The average molecular weight is 585 g/mol. The molecule has 1 saturated carbocycles. The Kier molecular flexibility index (Phi) is 23.5. The van der Waals surface area contributed by atoms with E-state index in [9.17, 15) is 18.4 Å². The summed E-state index contributed by atoms with van der Waals surface area (Å²) in [5.41, 5.74) is 0. The van der Waals surface area contributed by atoms with Crippen LogP contribution in [-0.4, -0.2) is 47.3 Å². The third-order valence-corrected chi connectivity index (χ3v) is 7.91. The van der Waals surface area contributed by atoms with Gasteiger partial charge in [-0.1, -0.05) is 89.9 Å². The lowest BCUT2D eigenvalue weighted by molar-refractivity contribution is -0.119. The van der Waals surface area contributed by atoms with E-state index in [4.69, 9.17) is 10.2 Å². The van der Waals surface area contributed by atoms with Crippen LogP contribution < -0.4 is 10.6 Å². The molecule has 0 unspecified atom stereocenters. The van der Waals surface area contributed by atoms with Crippen molar-refractivity contribution in [2.75, 3.05) is 13.2 Å². The third kappa shape index (κ3) is 20.7. The van der Waals surface area contributed by atoms with Crippen LogP contribution in [0.5, 0.6) is 0 Å². The van der Waals surface area contributed by atoms with Crippen molar-refractivity contribution in [3.63, 3.8) is 0 Å². The lowest BCUT2D eigenvalue weighted by Gasteiger charge is -2.14. The molecule has 0 aromatic heterocycles. The molecular formula is C33H58F2N2O4. The molecule has 0 saturated heterocycles. The Balaban J connectivity index is 2.10. The summed E-state index contributed by atoms with van der Waals surface area (Å²) in [4.78, 5) is 24.4. The number of hydrogen-bond acceptors (Lipinski definition) is 4. The normalized spacial score (nSPS) is 17.7. The van der Waals surface area contributed by atoms with Gasteiger partial charge in [-0.05, 0) is 69.9 Å². The van der Waals surface area contributed by atoms with E-state index < -0.39 is 23.5 Å². The Morgan fingerprint density at radius 2 is 0.829 bits per heavy atom.